The van der Waals surface area contributed by atoms with Crippen molar-refractivity contribution in [3.8, 4) is 17.6 Å². The maximum atomic E-state index is 8.62. The summed E-state index contributed by atoms with van der Waals surface area (Å²) < 4.78 is 10.1. The van der Waals surface area contributed by atoms with Crippen molar-refractivity contribution in [1.29, 1.82) is 5.26 Å². The van der Waals surface area contributed by atoms with Crippen LogP contribution in [0.3, 0.4) is 0 Å². The maximum absolute atomic E-state index is 8.62. The summed E-state index contributed by atoms with van der Waals surface area (Å²) in [6.45, 7) is 0. The fourth-order valence-electron chi connectivity index (χ4n) is 1.18. The molecule has 15 heavy (non-hydrogen) atoms. The van der Waals surface area contributed by atoms with Gasteiger partial charge in [0.15, 0.2) is 5.75 Å². The van der Waals surface area contributed by atoms with Gasteiger partial charge in [0.25, 0.3) is 0 Å². The minimum Gasteiger partial charge on any atom is -0.495 e. The second-order valence-corrected chi connectivity index (χ2v) is 3.49. The fraction of sp³-hybridized carbons (Fsp3) is 0.300. The van der Waals surface area contributed by atoms with Gasteiger partial charge in [-0.05, 0) is 11.6 Å². The molecule has 0 aliphatic carbocycles. The van der Waals surface area contributed by atoms with E-state index in [0.29, 0.717) is 27.1 Å². The van der Waals surface area contributed by atoms with Crippen LogP contribution >= 0.6 is 23.2 Å². The first-order valence-corrected chi connectivity index (χ1v) is 4.87. The van der Waals surface area contributed by atoms with E-state index in [2.05, 4.69) is 0 Å². The Morgan fingerprint density at radius 1 is 1.27 bits per heavy atom. The Hall–Kier alpha value is -1.11. The third-order valence-electron chi connectivity index (χ3n) is 1.90. The third kappa shape index (κ3) is 2.28. The zero-order valence-electron chi connectivity index (χ0n) is 8.30. The lowest BCUT2D eigenvalue weighted by Gasteiger charge is -2.12. The lowest BCUT2D eigenvalue weighted by atomic mass is 10.1. The zero-order chi connectivity index (χ0) is 11.4. The lowest BCUT2D eigenvalue weighted by Crippen LogP contribution is -1.95. The molecule has 3 nitrogen and oxygen atoms in total. The Morgan fingerprint density at radius 3 is 2.40 bits per heavy atom. The first-order valence-electron chi connectivity index (χ1n) is 4.11. The quantitative estimate of drug-likeness (QED) is 0.822. The van der Waals surface area contributed by atoms with Gasteiger partial charge in [-0.2, -0.15) is 5.26 Å². The van der Waals surface area contributed by atoms with Crippen LogP contribution in [-0.4, -0.2) is 14.2 Å². The summed E-state index contributed by atoms with van der Waals surface area (Å²) in [7, 11) is 2.95. The molecule has 0 saturated carbocycles. The Bertz CT molecular complexity index is 413. The van der Waals surface area contributed by atoms with Crippen molar-refractivity contribution in [2.75, 3.05) is 14.2 Å². The molecule has 0 heterocycles. The second kappa shape index (κ2) is 5.11. The van der Waals surface area contributed by atoms with E-state index in [-0.39, 0.29) is 6.42 Å². The van der Waals surface area contributed by atoms with Crippen molar-refractivity contribution in [3.63, 3.8) is 0 Å². The van der Waals surface area contributed by atoms with Gasteiger partial charge in [0.1, 0.15) is 10.8 Å². The molecule has 5 heteroatoms. The van der Waals surface area contributed by atoms with Crippen LogP contribution in [-0.2, 0) is 6.42 Å². The third-order valence-corrected chi connectivity index (χ3v) is 2.67. The number of nitriles is 1. The average molecular weight is 246 g/mol. The number of hydrogen-bond acceptors (Lipinski definition) is 3. The summed E-state index contributed by atoms with van der Waals surface area (Å²) in [5.41, 5.74) is 0.636. The highest BCUT2D eigenvalue weighted by Crippen LogP contribution is 2.42. The lowest BCUT2D eigenvalue weighted by molar-refractivity contribution is 0.394. The van der Waals surface area contributed by atoms with E-state index in [1.165, 1.54) is 14.2 Å². The molecule has 0 spiro atoms. The van der Waals surface area contributed by atoms with Gasteiger partial charge in [-0.25, -0.2) is 0 Å². The number of rotatable bonds is 3. The second-order valence-electron chi connectivity index (χ2n) is 2.73. The highest BCUT2D eigenvalue weighted by Gasteiger charge is 2.16. The standard InChI is InChI=1S/C10H9Cl2NO2/c1-14-7-5-6(3-4-13)8(11)10(15-2)9(7)12/h5H,3H2,1-2H3. The minimum absolute atomic E-state index is 0.183. The zero-order valence-corrected chi connectivity index (χ0v) is 9.82. The molecule has 1 aromatic rings. The summed E-state index contributed by atoms with van der Waals surface area (Å²) in [6.07, 6.45) is 0.183. The SMILES string of the molecule is COc1cc(CC#N)c(Cl)c(OC)c1Cl. The van der Waals surface area contributed by atoms with Crippen LogP contribution in [0.25, 0.3) is 0 Å². The van der Waals surface area contributed by atoms with Gasteiger partial charge in [0, 0.05) is 0 Å². The number of ether oxygens (including phenoxy) is 2. The molecule has 0 amide bonds. The highest BCUT2D eigenvalue weighted by atomic mass is 35.5. The summed E-state index contributed by atoms with van der Waals surface area (Å²) in [5.74, 6) is 0.783. The molecule has 0 atom stereocenters. The van der Waals surface area contributed by atoms with Gasteiger partial charge in [-0.3, -0.25) is 0 Å². The van der Waals surface area contributed by atoms with E-state index in [9.17, 15) is 0 Å². The number of hydrogen-bond donors (Lipinski definition) is 0. The first kappa shape index (κ1) is 12.0. The van der Waals surface area contributed by atoms with Crippen LogP contribution in [0.4, 0.5) is 0 Å². The molecule has 0 aliphatic heterocycles. The Balaban J connectivity index is 3.38. The van der Waals surface area contributed by atoms with E-state index in [1.54, 1.807) is 6.07 Å². The molecule has 0 fully saturated rings. The van der Waals surface area contributed by atoms with Crippen molar-refractivity contribution in [1.82, 2.24) is 0 Å². The molecular formula is C10H9Cl2NO2. The molecule has 0 aliphatic rings. The predicted molar refractivity (Wildman–Crippen MR) is 58.9 cm³/mol. The Labute approximate surface area is 98.1 Å². The minimum atomic E-state index is 0.183. The van der Waals surface area contributed by atoms with Gasteiger partial charge >= 0.3 is 0 Å². The number of nitrogens with zero attached hydrogens (tertiary/aromatic N) is 1. The molecule has 0 bridgehead atoms. The van der Waals surface area contributed by atoms with Gasteiger partial charge < -0.3 is 9.47 Å². The molecule has 1 rings (SSSR count). The predicted octanol–water partition coefficient (Wildman–Crippen LogP) is 3.08. The van der Waals surface area contributed by atoms with E-state index in [1.807, 2.05) is 6.07 Å². The number of halogens is 2. The van der Waals surface area contributed by atoms with Crippen LogP contribution in [0.15, 0.2) is 6.07 Å². The summed E-state index contributed by atoms with van der Waals surface area (Å²) in [4.78, 5) is 0. The topological polar surface area (TPSA) is 42.2 Å². The van der Waals surface area contributed by atoms with Crippen LogP contribution in [0.1, 0.15) is 5.56 Å². The fourth-order valence-corrected chi connectivity index (χ4v) is 1.83. The van der Waals surface area contributed by atoms with Gasteiger partial charge in [-0.1, -0.05) is 23.2 Å². The summed E-state index contributed by atoms with van der Waals surface area (Å²) in [5, 5.41) is 9.28. The summed E-state index contributed by atoms with van der Waals surface area (Å²) in [6, 6.07) is 3.64. The monoisotopic (exact) mass is 245 g/mol. The molecular weight excluding hydrogens is 237 g/mol. The van der Waals surface area contributed by atoms with Crippen molar-refractivity contribution in [2.45, 2.75) is 6.42 Å². The van der Waals surface area contributed by atoms with E-state index in [0.717, 1.165) is 0 Å². The molecule has 0 unspecified atom stereocenters. The maximum Gasteiger partial charge on any atom is 0.160 e. The van der Waals surface area contributed by atoms with Crippen LogP contribution in [0.2, 0.25) is 10.0 Å². The van der Waals surface area contributed by atoms with E-state index in [4.69, 9.17) is 37.9 Å². The van der Waals surface area contributed by atoms with Gasteiger partial charge in [-0.15, -0.1) is 0 Å². The summed E-state index contributed by atoms with van der Waals surface area (Å²) >= 11 is 12.0. The molecule has 0 N–H and O–H groups in total. The van der Waals surface area contributed by atoms with Crippen LogP contribution in [0, 0.1) is 11.3 Å². The van der Waals surface area contributed by atoms with Crippen molar-refractivity contribution >= 4 is 23.2 Å². The number of methoxy groups -OCH3 is 2. The normalized spacial score (nSPS) is 9.53. The smallest absolute Gasteiger partial charge is 0.160 e. The molecule has 0 saturated heterocycles. The number of benzene rings is 1. The van der Waals surface area contributed by atoms with Crippen LogP contribution in [0.5, 0.6) is 11.5 Å². The Morgan fingerprint density at radius 2 is 1.93 bits per heavy atom. The molecule has 1 aromatic carbocycles. The van der Waals surface area contributed by atoms with Gasteiger partial charge in [0.05, 0.1) is 31.7 Å². The molecule has 80 valence electrons. The van der Waals surface area contributed by atoms with Crippen LogP contribution < -0.4 is 9.47 Å². The average Bonchev–Trinajstić information content (AvgIpc) is 2.23. The largest absolute Gasteiger partial charge is 0.495 e. The molecule has 0 radical (unpaired) electrons. The van der Waals surface area contributed by atoms with Gasteiger partial charge in [0.2, 0.25) is 0 Å². The van der Waals surface area contributed by atoms with E-state index < -0.39 is 0 Å². The first-order chi connectivity index (χ1) is 7.15. The van der Waals surface area contributed by atoms with Crippen molar-refractivity contribution in [2.24, 2.45) is 0 Å². The molecule has 0 aromatic heterocycles. The van der Waals surface area contributed by atoms with E-state index >= 15 is 0 Å². The Kier molecular flexibility index (Phi) is 4.07. The van der Waals surface area contributed by atoms with Crippen molar-refractivity contribution < 1.29 is 9.47 Å². The highest BCUT2D eigenvalue weighted by molar-refractivity contribution is 6.38. The van der Waals surface area contributed by atoms with Crippen molar-refractivity contribution in [3.05, 3.63) is 21.7 Å².